The highest BCUT2D eigenvalue weighted by molar-refractivity contribution is 5.96. The van der Waals surface area contributed by atoms with Crippen LogP contribution in [0.2, 0.25) is 0 Å². The lowest BCUT2D eigenvalue weighted by atomic mass is 10.1. The van der Waals surface area contributed by atoms with E-state index in [-0.39, 0.29) is 11.4 Å². The first-order valence-corrected chi connectivity index (χ1v) is 5.57. The average molecular weight is 258 g/mol. The maximum atomic E-state index is 12.6. The third-order valence-corrected chi connectivity index (χ3v) is 2.79. The second-order valence-electron chi connectivity index (χ2n) is 4.03. The minimum Gasteiger partial charge on any atom is -0.378 e. The van der Waals surface area contributed by atoms with Crippen molar-refractivity contribution in [1.82, 2.24) is 4.90 Å². The lowest BCUT2D eigenvalue weighted by molar-refractivity contribution is -0.137. The minimum absolute atomic E-state index is 0.115. The summed E-state index contributed by atoms with van der Waals surface area (Å²) in [6.07, 6.45) is -4.37. The molecule has 0 aromatic heterocycles. The zero-order valence-corrected chi connectivity index (χ0v) is 9.63. The normalized spacial score (nSPS) is 16.7. The lowest BCUT2D eigenvalue weighted by Crippen LogP contribution is -2.40. The molecule has 1 fully saturated rings. The summed E-state index contributed by atoms with van der Waals surface area (Å²) < 4.78 is 42.9. The van der Waals surface area contributed by atoms with E-state index >= 15 is 0 Å². The van der Waals surface area contributed by atoms with Crippen molar-refractivity contribution in [1.29, 1.82) is 5.41 Å². The molecule has 1 saturated heterocycles. The van der Waals surface area contributed by atoms with Crippen molar-refractivity contribution < 1.29 is 17.9 Å². The van der Waals surface area contributed by atoms with Gasteiger partial charge in [-0.2, -0.15) is 13.2 Å². The number of hydrogen-bond donors (Lipinski definition) is 1. The molecule has 6 heteroatoms. The Labute approximate surface area is 103 Å². The molecule has 0 spiro atoms. The summed E-state index contributed by atoms with van der Waals surface area (Å²) in [5.74, 6) is 0.115. The van der Waals surface area contributed by atoms with Crippen LogP contribution in [0.15, 0.2) is 24.3 Å². The molecule has 0 unspecified atom stereocenters. The maximum absolute atomic E-state index is 12.6. The molecule has 0 radical (unpaired) electrons. The zero-order chi connectivity index (χ0) is 13.2. The molecule has 1 aliphatic heterocycles. The first-order valence-electron chi connectivity index (χ1n) is 5.57. The number of morpholine rings is 1. The largest absolute Gasteiger partial charge is 0.416 e. The third kappa shape index (κ3) is 2.81. The second-order valence-corrected chi connectivity index (χ2v) is 4.03. The van der Waals surface area contributed by atoms with Gasteiger partial charge in [0.25, 0.3) is 0 Å². The monoisotopic (exact) mass is 258 g/mol. The van der Waals surface area contributed by atoms with Gasteiger partial charge in [-0.3, -0.25) is 5.41 Å². The highest BCUT2D eigenvalue weighted by Crippen LogP contribution is 2.29. The van der Waals surface area contributed by atoms with Crippen molar-refractivity contribution in [2.24, 2.45) is 0 Å². The van der Waals surface area contributed by atoms with Crippen LogP contribution >= 0.6 is 0 Å². The zero-order valence-electron chi connectivity index (χ0n) is 9.63. The predicted molar refractivity (Wildman–Crippen MR) is 60.7 cm³/mol. The van der Waals surface area contributed by atoms with Gasteiger partial charge in [0.1, 0.15) is 5.84 Å². The van der Waals surface area contributed by atoms with E-state index < -0.39 is 11.7 Å². The predicted octanol–water partition coefficient (Wildman–Crippen LogP) is 2.36. The third-order valence-electron chi connectivity index (χ3n) is 2.79. The fourth-order valence-electron chi connectivity index (χ4n) is 1.81. The van der Waals surface area contributed by atoms with E-state index in [2.05, 4.69) is 0 Å². The molecule has 18 heavy (non-hydrogen) atoms. The van der Waals surface area contributed by atoms with E-state index in [1.807, 2.05) is 0 Å². The molecule has 98 valence electrons. The van der Waals surface area contributed by atoms with E-state index in [9.17, 15) is 13.2 Å². The van der Waals surface area contributed by atoms with Gasteiger partial charge >= 0.3 is 6.18 Å². The molecule has 2 rings (SSSR count). The SMILES string of the molecule is N=C(c1cccc(C(F)(F)F)c1)N1CCOCC1. The average Bonchev–Trinajstić information content (AvgIpc) is 2.38. The quantitative estimate of drug-likeness (QED) is 0.620. The Bertz CT molecular complexity index is 439. The maximum Gasteiger partial charge on any atom is 0.416 e. The molecular formula is C12H13F3N2O. The number of amidine groups is 1. The molecular weight excluding hydrogens is 245 g/mol. The van der Waals surface area contributed by atoms with Gasteiger partial charge < -0.3 is 9.64 Å². The summed E-state index contributed by atoms with van der Waals surface area (Å²) in [5.41, 5.74) is -0.440. The summed E-state index contributed by atoms with van der Waals surface area (Å²) in [6, 6.07) is 4.87. The highest BCUT2D eigenvalue weighted by Gasteiger charge is 2.31. The van der Waals surface area contributed by atoms with E-state index in [0.717, 1.165) is 12.1 Å². The van der Waals surface area contributed by atoms with Crippen LogP contribution in [0, 0.1) is 5.41 Å². The topological polar surface area (TPSA) is 36.3 Å². The second kappa shape index (κ2) is 4.97. The molecule has 0 saturated carbocycles. The molecule has 1 aromatic rings. The van der Waals surface area contributed by atoms with Gasteiger partial charge in [-0.25, -0.2) is 0 Å². The van der Waals surface area contributed by atoms with E-state index in [0.29, 0.717) is 26.3 Å². The number of benzene rings is 1. The summed E-state index contributed by atoms with van der Waals surface area (Å²) in [7, 11) is 0. The van der Waals surface area contributed by atoms with Gasteiger partial charge in [0.05, 0.1) is 18.8 Å². The van der Waals surface area contributed by atoms with Gasteiger partial charge in [-0.15, -0.1) is 0 Å². The molecule has 0 atom stereocenters. The van der Waals surface area contributed by atoms with Crippen LogP contribution in [-0.2, 0) is 10.9 Å². The molecule has 0 bridgehead atoms. The van der Waals surface area contributed by atoms with Crippen molar-refractivity contribution in [2.75, 3.05) is 26.3 Å². The first-order chi connectivity index (χ1) is 8.48. The summed E-state index contributed by atoms with van der Waals surface area (Å²) in [6.45, 7) is 2.08. The molecule has 1 N–H and O–H groups in total. The smallest absolute Gasteiger partial charge is 0.378 e. The lowest BCUT2D eigenvalue weighted by Gasteiger charge is -2.29. The highest BCUT2D eigenvalue weighted by atomic mass is 19.4. The number of hydrogen-bond acceptors (Lipinski definition) is 2. The Morgan fingerprint density at radius 3 is 2.50 bits per heavy atom. The fourth-order valence-corrected chi connectivity index (χ4v) is 1.81. The number of nitrogens with zero attached hydrogens (tertiary/aromatic N) is 1. The molecule has 0 amide bonds. The van der Waals surface area contributed by atoms with Crippen molar-refractivity contribution in [3.05, 3.63) is 35.4 Å². The summed E-state index contributed by atoms with van der Waals surface area (Å²) in [4.78, 5) is 1.72. The Morgan fingerprint density at radius 1 is 1.22 bits per heavy atom. The Balaban J connectivity index is 2.20. The van der Waals surface area contributed by atoms with Gasteiger partial charge in [0.2, 0.25) is 0 Å². The summed E-state index contributed by atoms with van der Waals surface area (Å²) >= 11 is 0. The standard InChI is InChI=1S/C12H13F3N2O/c13-12(14,15)10-3-1-2-9(8-10)11(16)17-4-6-18-7-5-17/h1-3,8,16H,4-7H2. The Morgan fingerprint density at radius 2 is 1.89 bits per heavy atom. The minimum atomic E-state index is -4.37. The molecule has 1 aliphatic rings. The van der Waals surface area contributed by atoms with Crippen LogP contribution in [0.5, 0.6) is 0 Å². The van der Waals surface area contributed by atoms with Gasteiger partial charge in [0.15, 0.2) is 0 Å². The molecule has 1 heterocycles. The van der Waals surface area contributed by atoms with Gasteiger partial charge in [-0.1, -0.05) is 12.1 Å². The van der Waals surface area contributed by atoms with Crippen molar-refractivity contribution in [3.8, 4) is 0 Å². The Hall–Kier alpha value is -1.56. The van der Waals surface area contributed by atoms with Gasteiger partial charge in [0, 0.05) is 18.7 Å². The van der Waals surface area contributed by atoms with E-state index in [4.69, 9.17) is 10.1 Å². The van der Waals surface area contributed by atoms with Crippen molar-refractivity contribution >= 4 is 5.84 Å². The molecule has 3 nitrogen and oxygen atoms in total. The van der Waals surface area contributed by atoms with Gasteiger partial charge in [-0.05, 0) is 12.1 Å². The van der Waals surface area contributed by atoms with Crippen molar-refractivity contribution in [3.63, 3.8) is 0 Å². The van der Waals surface area contributed by atoms with Crippen LogP contribution in [0.3, 0.4) is 0 Å². The number of nitrogens with one attached hydrogen (secondary N) is 1. The summed E-state index contributed by atoms with van der Waals surface area (Å²) in [5, 5.41) is 7.93. The van der Waals surface area contributed by atoms with E-state index in [1.165, 1.54) is 12.1 Å². The molecule has 1 aromatic carbocycles. The van der Waals surface area contributed by atoms with Crippen LogP contribution in [0.1, 0.15) is 11.1 Å². The number of halogens is 3. The van der Waals surface area contributed by atoms with Crippen LogP contribution in [-0.4, -0.2) is 37.0 Å². The number of alkyl halides is 3. The Kier molecular flexibility index (Phi) is 3.56. The van der Waals surface area contributed by atoms with Crippen molar-refractivity contribution in [2.45, 2.75) is 6.18 Å². The number of rotatable bonds is 1. The van der Waals surface area contributed by atoms with Crippen LogP contribution in [0.25, 0.3) is 0 Å². The number of ether oxygens (including phenoxy) is 1. The van der Waals surface area contributed by atoms with E-state index in [1.54, 1.807) is 4.90 Å². The van der Waals surface area contributed by atoms with Crippen LogP contribution < -0.4 is 0 Å². The first kappa shape index (κ1) is 12.9. The fraction of sp³-hybridized carbons (Fsp3) is 0.417. The van der Waals surface area contributed by atoms with Crippen LogP contribution in [0.4, 0.5) is 13.2 Å². The molecule has 0 aliphatic carbocycles.